The van der Waals surface area contributed by atoms with E-state index in [0.29, 0.717) is 16.6 Å². The molecule has 0 radical (unpaired) electrons. The quantitative estimate of drug-likeness (QED) is 0.360. The molecule has 0 spiro atoms. The minimum absolute atomic E-state index is 0. The molecule has 0 aliphatic heterocycles. The summed E-state index contributed by atoms with van der Waals surface area (Å²) in [6, 6.07) is 0. The normalized spacial score (nSPS) is 13.8. The molecule has 0 unspecified atom stereocenters. The summed E-state index contributed by atoms with van der Waals surface area (Å²) in [4.78, 5) is 0. The zero-order valence-corrected chi connectivity index (χ0v) is 18.6. The first-order valence-corrected chi connectivity index (χ1v) is 9.60. The van der Waals surface area contributed by atoms with Crippen molar-refractivity contribution in [2.24, 2.45) is 0 Å². The predicted octanol–water partition coefficient (Wildman–Crippen LogP) is 2.36. The van der Waals surface area contributed by atoms with Gasteiger partial charge in [0.1, 0.15) is 0 Å². The molecule has 0 amide bonds. The van der Waals surface area contributed by atoms with Gasteiger partial charge in [-0.2, -0.15) is 6.42 Å². The largest absolute Gasteiger partial charge is 2.00 e. The summed E-state index contributed by atoms with van der Waals surface area (Å²) in [7, 11) is -1.73. The third kappa shape index (κ3) is 6.95. The van der Waals surface area contributed by atoms with E-state index < -0.39 is 8.32 Å². The van der Waals surface area contributed by atoms with E-state index in [1.54, 1.807) is 0 Å². The summed E-state index contributed by atoms with van der Waals surface area (Å²) < 4.78 is 6.70. The van der Waals surface area contributed by atoms with Crippen LogP contribution >= 0.6 is 0 Å². The Morgan fingerprint density at radius 2 is 1.40 bits per heavy atom. The maximum Gasteiger partial charge on any atom is 2.00 e. The molecule has 116 valence electrons. The molecule has 4 heteroatoms. The number of rotatable bonds is 8. The minimum Gasteiger partial charge on any atom is -1.00 e. The van der Waals surface area contributed by atoms with Crippen molar-refractivity contribution in [2.45, 2.75) is 84.0 Å². The van der Waals surface area contributed by atoms with E-state index in [4.69, 9.17) is 4.43 Å². The van der Waals surface area contributed by atoms with Crippen LogP contribution < -0.4 is 17.0 Å². The van der Waals surface area contributed by atoms with Crippen LogP contribution in [0.1, 0.15) is 61.3 Å². The van der Waals surface area contributed by atoms with Crippen molar-refractivity contribution in [1.29, 1.82) is 0 Å². The molecule has 20 heavy (non-hydrogen) atoms. The van der Waals surface area contributed by atoms with Crippen molar-refractivity contribution in [3.63, 3.8) is 0 Å². The third-order valence-electron chi connectivity index (χ3n) is 3.98. The second kappa shape index (κ2) is 12.7. The van der Waals surface area contributed by atoms with Gasteiger partial charge in [0.25, 0.3) is 0 Å². The van der Waals surface area contributed by atoms with E-state index in [0.717, 1.165) is 12.8 Å². The molecular weight excluding hydrogens is 340 g/mol. The molecule has 0 fully saturated rings. The molecule has 1 nitrogen and oxygen atoms in total. The summed E-state index contributed by atoms with van der Waals surface area (Å²) in [6.45, 7) is 20.1. The molecule has 0 aromatic rings. The van der Waals surface area contributed by atoms with Gasteiger partial charge < -0.3 is 28.3 Å². The Labute approximate surface area is 155 Å². The van der Waals surface area contributed by atoms with Gasteiger partial charge in [-0.1, -0.05) is 54.5 Å². The second-order valence-corrected chi connectivity index (χ2v) is 11.5. The fourth-order valence-electron chi connectivity index (χ4n) is 3.18. The van der Waals surface area contributed by atoms with Gasteiger partial charge in [0.05, 0.1) is 6.10 Å². The summed E-state index contributed by atoms with van der Waals surface area (Å²) >= 11 is 0. The van der Waals surface area contributed by atoms with Crippen LogP contribution in [0.25, 0.3) is 0 Å². The first-order chi connectivity index (χ1) is 8.32. The number of hydrogen-bond acceptors (Lipinski definition) is 1. The molecule has 0 aliphatic carbocycles. The molecule has 0 aromatic carbocycles. The molecular formula is C16H33BrMgOSi. The maximum atomic E-state index is 6.70. The first kappa shape index (κ1) is 26.1. The van der Waals surface area contributed by atoms with Crippen molar-refractivity contribution < 1.29 is 21.4 Å². The van der Waals surface area contributed by atoms with Gasteiger partial charge in [-0.25, -0.2) is 0 Å². The molecule has 0 aliphatic rings. The van der Waals surface area contributed by atoms with Gasteiger partial charge in [0, 0.05) is 0 Å². The fourth-order valence-corrected chi connectivity index (χ4v) is 8.76. The van der Waals surface area contributed by atoms with E-state index in [9.17, 15) is 0 Å². The van der Waals surface area contributed by atoms with Gasteiger partial charge in [-0.15, -0.1) is 6.08 Å². The molecule has 0 rings (SSSR count). The Balaban J connectivity index is -0.00000144. The van der Waals surface area contributed by atoms with Gasteiger partial charge in [0.2, 0.25) is 8.32 Å². The molecule has 0 saturated heterocycles. The average molecular weight is 374 g/mol. The van der Waals surface area contributed by atoms with E-state index >= 15 is 0 Å². The zero-order chi connectivity index (χ0) is 14.3. The van der Waals surface area contributed by atoms with E-state index in [1.807, 2.05) is 0 Å². The number of halogens is 1. The molecule has 1 atom stereocenters. The topological polar surface area (TPSA) is 9.23 Å². The van der Waals surface area contributed by atoms with Crippen LogP contribution in [0.5, 0.6) is 0 Å². The van der Waals surface area contributed by atoms with Crippen LogP contribution in [0.2, 0.25) is 16.6 Å². The van der Waals surface area contributed by atoms with Crippen LogP contribution in [0, 0.1) is 6.92 Å². The Bertz CT molecular complexity index is 233. The van der Waals surface area contributed by atoms with E-state index in [1.165, 1.54) is 0 Å². The van der Waals surface area contributed by atoms with Crippen LogP contribution in [-0.2, 0) is 4.43 Å². The van der Waals surface area contributed by atoms with Crippen LogP contribution in [0.15, 0.2) is 12.2 Å². The maximum absolute atomic E-state index is 6.70. The minimum atomic E-state index is -1.73. The van der Waals surface area contributed by atoms with Crippen LogP contribution in [0.3, 0.4) is 0 Å². The van der Waals surface area contributed by atoms with Gasteiger partial charge in [-0.05, 0) is 23.0 Å². The van der Waals surface area contributed by atoms with Gasteiger partial charge in [-0.3, -0.25) is 0 Å². The SMILES string of the molecule is [Br-].[CH2-]C/C=C\[C@H](CC)O[Si](C(C)C)(C(C)C)C(C)C.[Mg+2]. The zero-order valence-electron chi connectivity index (χ0n) is 14.6. The Morgan fingerprint density at radius 1 is 1.00 bits per heavy atom. The Kier molecular flexibility index (Phi) is 16.5. The first-order valence-electron chi connectivity index (χ1n) is 7.46. The van der Waals surface area contributed by atoms with Crippen molar-refractivity contribution in [3.05, 3.63) is 19.1 Å². The smallest absolute Gasteiger partial charge is 1.00 e. The second-order valence-electron chi connectivity index (χ2n) is 6.10. The summed E-state index contributed by atoms with van der Waals surface area (Å²) in [5, 5.41) is 0. The van der Waals surface area contributed by atoms with Crippen LogP contribution in [0.4, 0.5) is 0 Å². The molecule has 0 heterocycles. The van der Waals surface area contributed by atoms with Crippen molar-refractivity contribution in [3.8, 4) is 0 Å². The molecule has 0 aromatic heterocycles. The summed E-state index contributed by atoms with van der Waals surface area (Å²) in [5.41, 5.74) is 1.96. The van der Waals surface area contributed by atoms with Crippen molar-refractivity contribution in [2.75, 3.05) is 0 Å². The summed E-state index contributed by atoms with van der Waals surface area (Å²) in [5.74, 6) is 0. The third-order valence-corrected chi connectivity index (χ3v) is 10.1. The van der Waals surface area contributed by atoms with Gasteiger partial charge >= 0.3 is 23.1 Å². The van der Waals surface area contributed by atoms with Gasteiger partial charge in [0.15, 0.2) is 0 Å². The number of hydrogen-bond donors (Lipinski definition) is 0. The molecule has 0 N–H and O–H groups in total. The number of allylic oxidation sites excluding steroid dienone is 1. The average Bonchev–Trinajstić information content (AvgIpc) is 2.28. The Morgan fingerprint density at radius 3 is 1.65 bits per heavy atom. The van der Waals surface area contributed by atoms with Crippen molar-refractivity contribution >= 4 is 31.4 Å². The summed E-state index contributed by atoms with van der Waals surface area (Å²) in [6.07, 6.45) is 6.51. The standard InChI is InChI=1S/C16H33OSi.BrH.Mg/c1-9-11-12-16(10-2)17-18(13(3)4,14(5)6)15(7)8;;/h11-16H,1,9-10H2,2-8H3;1H;/q-1;;+2/p-1/b12-11-;;/t16-;;/m0../s1. The van der Waals surface area contributed by atoms with E-state index in [2.05, 4.69) is 67.5 Å². The Hall–Kier alpha value is 1.16. The molecule has 0 saturated carbocycles. The van der Waals surface area contributed by atoms with Crippen molar-refractivity contribution in [1.82, 2.24) is 0 Å². The van der Waals surface area contributed by atoms with E-state index in [-0.39, 0.29) is 46.1 Å². The monoisotopic (exact) mass is 372 g/mol. The predicted molar refractivity (Wildman–Crippen MR) is 91.1 cm³/mol. The fraction of sp³-hybridized carbons (Fsp3) is 0.812. The molecule has 0 bridgehead atoms. The van der Waals surface area contributed by atoms with Crippen LogP contribution in [-0.4, -0.2) is 37.5 Å².